The molecule has 0 aliphatic rings. The van der Waals surface area contributed by atoms with Gasteiger partial charge in [0, 0.05) is 20.6 Å². The Kier molecular flexibility index (Phi) is 6.91. The third kappa shape index (κ3) is 5.51. The summed E-state index contributed by atoms with van der Waals surface area (Å²) in [6, 6.07) is 12.6. The molecule has 0 spiro atoms. The molecule has 0 bridgehead atoms. The quantitative estimate of drug-likeness (QED) is 0.395. The maximum atomic E-state index is 12.6. The topological polar surface area (TPSA) is 54.4 Å². The zero-order valence-corrected chi connectivity index (χ0v) is 16.0. The number of hydrogen-bond acceptors (Lipinski definition) is 4. The van der Waals surface area contributed by atoms with Gasteiger partial charge in [0.15, 0.2) is 5.78 Å². The lowest BCUT2D eigenvalue weighted by atomic mass is 10.1. The second-order valence-corrected chi connectivity index (χ2v) is 8.15. The van der Waals surface area contributed by atoms with E-state index in [1.165, 1.54) is 28.8 Å². The predicted octanol–water partition coefficient (Wildman–Crippen LogP) is 5.50. The van der Waals surface area contributed by atoms with Crippen LogP contribution in [-0.2, 0) is 0 Å². The van der Waals surface area contributed by atoms with Crippen LogP contribution in [0.15, 0.2) is 58.3 Å². The number of allylic oxidation sites excluding steroid dienone is 1. The van der Waals surface area contributed by atoms with Crippen molar-refractivity contribution in [1.29, 1.82) is 0 Å². The van der Waals surface area contributed by atoms with Crippen molar-refractivity contribution in [3.63, 3.8) is 0 Å². The van der Waals surface area contributed by atoms with E-state index in [1.54, 1.807) is 30.0 Å². The van der Waals surface area contributed by atoms with Crippen LogP contribution in [0.3, 0.4) is 0 Å². The maximum absolute atomic E-state index is 12.6. The second kappa shape index (κ2) is 8.92. The number of carbonyl (C=O) groups is 2. The van der Waals surface area contributed by atoms with Gasteiger partial charge in [-0.2, -0.15) is 0 Å². The van der Waals surface area contributed by atoms with Crippen LogP contribution in [0.5, 0.6) is 0 Å². The molecule has 0 atom stereocenters. The number of carbonyl (C=O) groups excluding carboxylic acids is 1. The molecule has 0 fully saturated rings. The van der Waals surface area contributed by atoms with Crippen LogP contribution in [0, 0.1) is 0 Å². The van der Waals surface area contributed by atoms with E-state index in [1.807, 2.05) is 44.4 Å². The number of thioether (sulfide) groups is 2. The van der Waals surface area contributed by atoms with Crippen LogP contribution in [0.2, 0.25) is 0 Å². The van der Waals surface area contributed by atoms with Gasteiger partial charge in [-0.15, -0.1) is 23.5 Å². The van der Waals surface area contributed by atoms with Crippen molar-refractivity contribution in [2.75, 3.05) is 6.26 Å². The molecule has 3 nitrogen and oxygen atoms in total. The minimum Gasteiger partial charge on any atom is -0.478 e. The normalized spacial score (nSPS) is 11.2. The Morgan fingerprint density at radius 3 is 2.32 bits per heavy atom. The summed E-state index contributed by atoms with van der Waals surface area (Å²) in [5.74, 6) is -1.12. The van der Waals surface area contributed by atoms with Crippen molar-refractivity contribution < 1.29 is 14.7 Å². The SMILES string of the molecule is CSc1ccc(/C=C/C(=O)c2ccc(C(=O)O)cc2SC(C)C)cc1. The van der Waals surface area contributed by atoms with Crippen LogP contribution in [0.4, 0.5) is 0 Å². The molecule has 0 saturated carbocycles. The molecule has 0 aromatic heterocycles. The first kappa shape index (κ1) is 19.3. The van der Waals surface area contributed by atoms with E-state index >= 15 is 0 Å². The van der Waals surface area contributed by atoms with Crippen LogP contribution in [0.1, 0.15) is 40.1 Å². The molecule has 130 valence electrons. The van der Waals surface area contributed by atoms with Gasteiger partial charge in [0.25, 0.3) is 0 Å². The molecule has 25 heavy (non-hydrogen) atoms. The van der Waals surface area contributed by atoms with Gasteiger partial charge >= 0.3 is 5.97 Å². The molecular formula is C20H20O3S2. The molecule has 2 rings (SSSR count). The molecule has 2 aromatic rings. The van der Waals surface area contributed by atoms with E-state index < -0.39 is 5.97 Å². The molecule has 5 heteroatoms. The fourth-order valence-corrected chi connectivity index (χ4v) is 3.59. The molecule has 0 amide bonds. The van der Waals surface area contributed by atoms with Crippen molar-refractivity contribution in [2.45, 2.75) is 28.9 Å². The lowest BCUT2D eigenvalue weighted by Crippen LogP contribution is -2.03. The van der Waals surface area contributed by atoms with Gasteiger partial charge in [-0.3, -0.25) is 4.79 Å². The standard InChI is InChI=1S/C20H20O3S2/c1-13(2)25-19-12-15(20(22)23)7-10-17(19)18(21)11-6-14-4-8-16(24-3)9-5-14/h4-13H,1-3H3,(H,22,23)/b11-6+. The highest BCUT2D eigenvalue weighted by atomic mass is 32.2. The maximum Gasteiger partial charge on any atom is 0.335 e. The lowest BCUT2D eigenvalue weighted by molar-refractivity contribution is 0.0696. The molecule has 0 saturated heterocycles. The molecular weight excluding hydrogens is 352 g/mol. The van der Waals surface area contributed by atoms with Crippen molar-refractivity contribution in [1.82, 2.24) is 0 Å². The average Bonchev–Trinajstić information content (AvgIpc) is 2.59. The van der Waals surface area contributed by atoms with Gasteiger partial charge in [0.05, 0.1) is 5.56 Å². The Morgan fingerprint density at radius 2 is 1.76 bits per heavy atom. The summed E-state index contributed by atoms with van der Waals surface area (Å²) in [5.41, 5.74) is 1.67. The number of aromatic carboxylic acids is 1. The second-order valence-electron chi connectivity index (χ2n) is 5.65. The fourth-order valence-electron chi connectivity index (χ4n) is 2.19. The third-order valence-electron chi connectivity index (χ3n) is 3.40. The Bertz CT molecular complexity index is 793. The molecule has 0 heterocycles. The molecule has 0 unspecified atom stereocenters. The molecule has 1 N–H and O–H groups in total. The Morgan fingerprint density at radius 1 is 1.08 bits per heavy atom. The summed E-state index contributed by atoms with van der Waals surface area (Å²) >= 11 is 3.16. The fraction of sp³-hybridized carbons (Fsp3) is 0.200. The number of hydrogen-bond donors (Lipinski definition) is 1. The number of benzene rings is 2. The summed E-state index contributed by atoms with van der Waals surface area (Å²) < 4.78 is 0. The largest absolute Gasteiger partial charge is 0.478 e. The highest BCUT2D eigenvalue weighted by molar-refractivity contribution is 8.00. The first-order valence-electron chi connectivity index (χ1n) is 7.81. The van der Waals surface area contributed by atoms with Gasteiger partial charge in [0.1, 0.15) is 0 Å². The van der Waals surface area contributed by atoms with E-state index in [0.29, 0.717) is 10.5 Å². The van der Waals surface area contributed by atoms with Crippen LogP contribution in [0.25, 0.3) is 6.08 Å². The van der Waals surface area contributed by atoms with Crippen molar-refractivity contribution >= 4 is 41.4 Å². The summed E-state index contributed by atoms with van der Waals surface area (Å²) in [6.45, 7) is 4.02. The van der Waals surface area contributed by atoms with Crippen molar-refractivity contribution in [3.05, 3.63) is 65.2 Å². The van der Waals surface area contributed by atoms with Gasteiger partial charge in [0.2, 0.25) is 0 Å². The molecule has 0 aliphatic carbocycles. The summed E-state index contributed by atoms with van der Waals surface area (Å²) in [6.07, 6.45) is 5.33. The van der Waals surface area contributed by atoms with Crippen LogP contribution < -0.4 is 0 Å². The number of ketones is 1. The van der Waals surface area contributed by atoms with Crippen LogP contribution >= 0.6 is 23.5 Å². The first-order valence-corrected chi connectivity index (χ1v) is 9.91. The van der Waals surface area contributed by atoms with E-state index in [9.17, 15) is 9.59 Å². The van der Waals surface area contributed by atoms with Gasteiger partial charge in [-0.1, -0.05) is 32.1 Å². The van der Waals surface area contributed by atoms with Gasteiger partial charge in [-0.25, -0.2) is 4.79 Å². The summed E-state index contributed by atoms with van der Waals surface area (Å²) in [4.78, 5) is 25.6. The number of carboxylic acids is 1. The summed E-state index contributed by atoms with van der Waals surface area (Å²) in [5, 5.41) is 9.41. The zero-order valence-electron chi connectivity index (χ0n) is 14.4. The predicted molar refractivity (Wildman–Crippen MR) is 106 cm³/mol. The first-order chi connectivity index (χ1) is 11.9. The highest BCUT2D eigenvalue weighted by Gasteiger charge is 2.14. The van der Waals surface area contributed by atoms with Gasteiger partial charge < -0.3 is 5.11 Å². The van der Waals surface area contributed by atoms with Crippen molar-refractivity contribution in [2.24, 2.45) is 0 Å². The summed E-state index contributed by atoms with van der Waals surface area (Å²) in [7, 11) is 0. The van der Waals surface area contributed by atoms with Gasteiger partial charge in [-0.05, 0) is 48.2 Å². The average molecular weight is 373 g/mol. The Balaban J connectivity index is 2.27. The smallest absolute Gasteiger partial charge is 0.335 e. The zero-order chi connectivity index (χ0) is 18.4. The molecule has 2 aromatic carbocycles. The Labute approximate surface area is 156 Å². The van der Waals surface area contributed by atoms with Crippen molar-refractivity contribution in [3.8, 4) is 0 Å². The minimum absolute atomic E-state index is 0.131. The number of rotatable bonds is 7. The third-order valence-corrected chi connectivity index (χ3v) is 5.21. The molecule has 0 aliphatic heterocycles. The van der Waals surface area contributed by atoms with E-state index in [2.05, 4.69) is 0 Å². The highest BCUT2D eigenvalue weighted by Crippen LogP contribution is 2.28. The lowest BCUT2D eigenvalue weighted by Gasteiger charge is -2.10. The minimum atomic E-state index is -0.992. The Hall–Kier alpha value is -1.98. The monoisotopic (exact) mass is 372 g/mol. The van der Waals surface area contributed by atoms with E-state index in [0.717, 1.165) is 5.56 Å². The number of carboxylic acid groups (broad SMARTS) is 1. The van der Waals surface area contributed by atoms with E-state index in [-0.39, 0.29) is 16.6 Å². The van der Waals surface area contributed by atoms with Crippen LogP contribution in [-0.4, -0.2) is 28.4 Å². The van der Waals surface area contributed by atoms with E-state index in [4.69, 9.17) is 5.11 Å². The molecule has 0 radical (unpaired) electrons.